The van der Waals surface area contributed by atoms with E-state index >= 15 is 0 Å². The van der Waals surface area contributed by atoms with Crippen LogP contribution in [-0.4, -0.2) is 13.7 Å². The van der Waals surface area contributed by atoms with Gasteiger partial charge in [0, 0.05) is 10.1 Å². The lowest BCUT2D eigenvalue weighted by molar-refractivity contribution is 0.510. The van der Waals surface area contributed by atoms with Gasteiger partial charge in [-0.05, 0) is 65.3 Å². The summed E-state index contributed by atoms with van der Waals surface area (Å²) in [5.74, 6) is -2.93. The smallest absolute Gasteiger partial charge is 0.214 e. The molecule has 2 N–H and O–H groups in total. The number of halogens is 4. The molecule has 1 aliphatic rings. The number of anilines is 2. The van der Waals surface area contributed by atoms with Gasteiger partial charge in [0.15, 0.2) is 11.6 Å². The number of sulfonamides is 1. The van der Waals surface area contributed by atoms with Gasteiger partial charge in [-0.3, -0.25) is 0 Å². The zero-order valence-corrected chi connectivity index (χ0v) is 15.8. The Morgan fingerprint density at radius 1 is 1.08 bits per heavy atom. The molecule has 2 aromatic carbocycles. The minimum atomic E-state index is -3.48. The van der Waals surface area contributed by atoms with Gasteiger partial charge in [0.05, 0.1) is 16.6 Å². The molecular weight excluding hydrogens is 468 g/mol. The molecule has 1 fully saturated rings. The molecule has 0 saturated heterocycles. The number of benzene rings is 2. The van der Waals surface area contributed by atoms with Crippen LogP contribution in [0.25, 0.3) is 0 Å². The molecule has 0 heterocycles. The Labute approximate surface area is 157 Å². The summed E-state index contributed by atoms with van der Waals surface area (Å²) in [4.78, 5) is 0. The third-order valence-electron chi connectivity index (χ3n) is 3.80. The Balaban J connectivity index is 1.89. The highest BCUT2D eigenvalue weighted by Crippen LogP contribution is 2.30. The maximum absolute atomic E-state index is 14.2. The molecule has 1 saturated carbocycles. The summed E-state index contributed by atoms with van der Waals surface area (Å²) in [7, 11) is -3.48. The third-order valence-corrected chi connectivity index (χ3v) is 6.37. The average molecular weight is 482 g/mol. The number of hydrogen-bond acceptors (Lipinski definition) is 3. The van der Waals surface area contributed by atoms with Crippen molar-refractivity contribution in [2.45, 2.75) is 24.6 Å². The Morgan fingerprint density at radius 2 is 1.80 bits per heavy atom. The molecule has 0 amide bonds. The van der Waals surface area contributed by atoms with Crippen molar-refractivity contribution in [2.75, 3.05) is 5.32 Å². The maximum Gasteiger partial charge on any atom is 0.214 e. The molecular formula is C16H14F3IN2O2S. The third kappa shape index (κ3) is 4.26. The van der Waals surface area contributed by atoms with Crippen molar-refractivity contribution in [2.24, 2.45) is 0 Å². The zero-order valence-electron chi connectivity index (χ0n) is 12.8. The predicted molar refractivity (Wildman–Crippen MR) is 97.5 cm³/mol. The Kier molecular flexibility index (Phi) is 5.26. The minimum Gasteiger partial charge on any atom is -0.350 e. The fourth-order valence-electron chi connectivity index (χ4n) is 2.27. The second kappa shape index (κ2) is 7.12. The highest BCUT2D eigenvalue weighted by Gasteiger charge is 2.35. The van der Waals surface area contributed by atoms with Crippen LogP contribution in [0.1, 0.15) is 18.4 Å². The summed E-state index contributed by atoms with van der Waals surface area (Å²) < 4.78 is 68.7. The average Bonchev–Trinajstić information content (AvgIpc) is 3.38. The summed E-state index contributed by atoms with van der Waals surface area (Å²) in [6, 6.07) is 6.43. The van der Waals surface area contributed by atoms with Crippen LogP contribution in [0.2, 0.25) is 0 Å². The van der Waals surface area contributed by atoms with E-state index in [0.29, 0.717) is 16.4 Å². The van der Waals surface area contributed by atoms with E-state index < -0.39 is 32.7 Å². The van der Waals surface area contributed by atoms with E-state index in [4.69, 9.17) is 0 Å². The van der Waals surface area contributed by atoms with Crippen molar-refractivity contribution in [3.8, 4) is 0 Å². The van der Waals surface area contributed by atoms with Crippen molar-refractivity contribution in [1.29, 1.82) is 0 Å². The van der Waals surface area contributed by atoms with Gasteiger partial charge in [-0.15, -0.1) is 0 Å². The van der Waals surface area contributed by atoms with Gasteiger partial charge < -0.3 is 5.32 Å². The Hall–Kier alpha value is -1.33. The fourth-order valence-corrected chi connectivity index (χ4v) is 4.08. The van der Waals surface area contributed by atoms with Crippen LogP contribution in [0.4, 0.5) is 24.5 Å². The lowest BCUT2D eigenvalue weighted by Gasteiger charge is -2.15. The Morgan fingerprint density at radius 3 is 2.44 bits per heavy atom. The number of hydrogen-bond donors (Lipinski definition) is 2. The van der Waals surface area contributed by atoms with Crippen molar-refractivity contribution in [1.82, 2.24) is 4.72 Å². The molecule has 0 bridgehead atoms. The van der Waals surface area contributed by atoms with Crippen LogP contribution in [0.5, 0.6) is 0 Å². The van der Waals surface area contributed by atoms with Crippen LogP contribution >= 0.6 is 22.6 Å². The maximum atomic E-state index is 14.2. The highest BCUT2D eigenvalue weighted by atomic mass is 127. The van der Waals surface area contributed by atoms with Gasteiger partial charge in [-0.25, -0.2) is 26.3 Å². The molecule has 0 spiro atoms. The zero-order chi connectivity index (χ0) is 18.2. The second-order valence-electron chi connectivity index (χ2n) is 5.71. The van der Waals surface area contributed by atoms with Gasteiger partial charge in [-0.1, -0.05) is 6.07 Å². The van der Waals surface area contributed by atoms with Gasteiger partial charge in [0.1, 0.15) is 5.82 Å². The van der Waals surface area contributed by atoms with Crippen LogP contribution in [0, 0.1) is 21.0 Å². The molecule has 0 radical (unpaired) electrons. The SMILES string of the molecule is O=S(=O)(NCc1ccc(F)c(F)c1Nc1ccc(I)cc1F)C1CC1. The molecule has 25 heavy (non-hydrogen) atoms. The summed E-state index contributed by atoms with van der Waals surface area (Å²) in [5.41, 5.74) is -0.143. The first kappa shape index (κ1) is 18.5. The standard InChI is InChI=1S/C16H14F3IN2O2S/c17-12-5-1-9(8-21-25(23,24)11-3-4-11)16(15(12)19)22-14-6-2-10(20)7-13(14)18/h1-2,5-7,11,21-22H,3-4,8H2. The van der Waals surface area contributed by atoms with Crippen LogP contribution in [0.15, 0.2) is 30.3 Å². The van der Waals surface area contributed by atoms with E-state index in [2.05, 4.69) is 10.0 Å². The number of rotatable bonds is 6. The largest absolute Gasteiger partial charge is 0.350 e. The van der Waals surface area contributed by atoms with E-state index in [9.17, 15) is 21.6 Å². The molecule has 1 aliphatic carbocycles. The lowest BCUT2D eigenvalue weighted by Crippen LogP contribution is -2.27. The minimum absolute atomic E-state index is 0.0313. The number of nitrogens with one attached hydrogen (secondary N) is 2. The molecule has 0 aliphatic heterocycles. The van der Waals surface area contributed by atoms with Crippen molar-refractivity contribution in [3.63, 3.8) is 0 Å². The van der Waals surface area contributed by atoms with Gasteiger partial charge in [0.2, 0.25) is 10.0 Å². The molecule has 9 heteroatoms. The highest BCUT2D eigenvalue weighted by molar-refractivity contribution is 14.1. The van der Waals surface area contributed by atoms with Crippen molar-refractivity contribution in [3.05, 3.63) is 56.9 Å². The van der Waals surface area contributed by atoms with Crippen molar-refractivity contribution < 1.29 is 21.6 Å². The Bertz CT molecular complexity index is 918. The van der Waals surface area contributed by atoms with E-state index in [1.807, 2.05) is 22.6 Å². The van der Waals surface area contributed by atoms with E-state index in [1.165, 1.54) is 18.2 Å². The van der Waals surface area contributed by atoms with Crippen molar-refractivity contribution >= 4 is 44.0 Å². The summed E-state index contributed by atoms with van der Waals surface area (Å²) >= 11 is 1.93. The lowest BCUT2D eigenvalue weighted by atomic mass is 10.1. The van der Waals surface area contributed by atoms with Crippen LogP contribution in [0.3, 0.4) is 0 Å². The summed E-state index contributed by atoms with van der Waals surface area (Å²) in [6.45, 7) is -0.218. The first-order valence-electron chi connectivity index (χ1n) is 7.45. The van der Waals surface area contributed by atoms with Gasteiger partial charge in [-0.2, -0.15) is 0 Å². The predicted octanol–water partition coefficient (Wildman–Crippen LogP) is 4.03. The second-order valence-corrected chi connectivity index (χ2v) is 9.00. The molecule has 3 rings (SSSR count). The fraction of sp³-hybridized carbons (Fsp3) is 0.250. The normalized spacial score (nSPS) is 14.6. The first-order chi connectivity index (χ1) is 11.8. The van der Waals surface area contributed by atoms with Gasteiger partial charge >= 0.3 is 0 Å². The van der Waals surface area contributed by atoms with Crippen LogP contribution in [-0.2, 0) is 16.6 Å². The molecule has 0 aromatic heterocycles. The van der Waals surface area contributed by atoms with E-state index in [0.717, 1.165) is 6.07 Å². The van der Waals surface area contributed by atoms with Gasteiger partial charge in [0.25, 0.3) is 0 Å². The summed E-state index contributed by atoms with van der Waals surface area (Å²) in [5, 5.41) is 2.10. The quantitative estimate of drug-likeness (QED) is 0.612. The van der Waals surface area contributed by atoms with Crippen LogP contribution < -0.4 is 10.0 Å². The molecule has 2 aromatic rings. The molecule has 0 atom stereocenters. The molecule has 134 valence electrons. The monoisotopic (exact) mass is 482 g/mol. The molecule has 0 unspecified atom stereocenters. The van der Waals surface area contributed by atoms with E-state index in [1.54, 1.807) is 6.07 Å². The first-order valence-corrected chi connectivity index (χ1v) is 10.1. The summed E-state index contributed by atoms with van der Waals surface area (Å²) in [6.07, 6.45) is 1.18. The molecule has 4 nitrogen and oxygen atoms in total. The topological polar surface area (TPSA) is 58.2 Å². The van der Waals surface area contributed by atoms with E-state index in [-0.39, 0.29) is 23.5 Å².